The number of likely N-dealkylation sites (tertiary alicyclic amines) is 1. The first-order valence-electron chi connectivity index (χ1n) is 8.71. The zero-order chi connectivity index (χ0) is 17.5. The van der Waals surface area contributed by atoms with Crippen LogP contribution in [-0.4, -0.2) is 39.9 Å². The van der Waals surface area contributed by atoms with Crippen molar-refractivity contribution in [3.05, 3.63) is 59.1 Å². The monoisotopic (exact) mass is 358 g/mol. The van der Waals surface area contributed by atoms with Gasteiger partial charge in [-0.05, 0) is 30.9 Å². The minimum atomic E-state index is 0.0928. The smallest absolute Gasteiger partial charge is 0.220 e. The first-order chi connectivity index (χ1) is 12.2. The van der Waals surface area contributed by atoms with Crippen molar-refractivity contribution in [1.29, 1.82) is 0 Å². The van der Waals surface area contributed by atoms with Crippen molar-refractivity contribution in [3.8, 4) is 0 Å². The predicted molar refractivity (Wildman–Crippen MR) is 98.2 cm³/mol. The second kappa shape index (κ2) is 8.92. The average Bonchev–Trinajstić information content (AvgIpc) is 2.64. The van der Waals surface area contributed by atoms with Crippen LogP contribution >= 0.6 is 11.6 Å². The third-order valence-corrected chi connectivity index (χ3v) is 4.90. The van der Waals surface area contributed by atoms with Crippen molar-refractivity contribution in [2.75, 3.05) is 13.1 Å². The highest BCUT2D eigenvalue weighted by atomic mass is 35.5. The zero-order valence-corrected chi connectivity index (χ0v) is 15.0. The summed E-state index contributed by atoms with van der Waals surface area (Å²) >= 11 is 6.23. The third kappa shape index (κ3) is 5.51. The highest BCUT2D eigenvalue weighted by Crippen LogP contribution is 2.19. The van der Waals surface area contributed by atoms with E-state index >= 15 is 0 Å². The highest BCUT2D eigenvalue weighted by molar-refractivity contribution is 6.31. The van der Waals surface area contributed by atoms with Crippen molar-refractivity contribution in [3.63, 3.8) is 0 Å². The minimum absolute atomic E-state index is 0.0928. The number of benzene rings is 1. The average molecular weight is 359 g/mol. The molecule has 1 aliphatic heterocycles. The zero-order valence-electron chi connectivity index (χ0n) is 14.2. The third-order valence-electron chi connectivity index (χ3n) is 4.53. The Morgan fingerprint density at radius 3 is 2.76 bits per heavy atom. The summed E-state index contributed by atoms with van der Waals surface area (Å²) in [6.45, 7) is 2.81. The fourth-order valence-corrected chi connectivity index (χ4v) is 3.30. The minimum Gasteiger partial charge on any atom is -0.353 e. The molecule has 0 spiro atoms. The molecule has 132 valence electrons. The highest BCUT2D eigenvalue weighted by Gasteiger charge is 2.21. The first kappa shape index (κ1) is 17.8. The van der Waals surface area contributed by atoms with Gasteiger partial charge in [0.1, 0.15) is 0 Å². The molecule has 1 aromatic carbocycles. The molecule has 2 heterocycles. The summed E-state index contributed by atoms with van der Waals surface area (Å²) in [5, 5.41) is 3.97. The molecule has 1 fully saturated rings. The van der Waals surface area contributed by atoms with E-state index in [-0.39, 0.29) is 11.9 Å². The van der Waals surface area contributed by atoms with Crippen LogP contribution in [0.3, 0.4) is 0 Å². The summed E-state index contributed by atoms with van der Waals surface area (Å²) in [6.07, 6.45) is 8.04. The molecule has 0 radical (unpaired) electrons. The Balaban J connectivity index is 1.39. The van der Waals surface area contributed by atoms with Gasteiger partial charge in [-0.2, -0.15) is 0 Å². The van der Waals surface area contributed by atoms with Gasteiger partial charge in [0.15, 0.2) is 0 Å². The Hall–Kier alpha value is -1.98. The van der Waals surface area contributed by atoms with E-state index < -0.39 is 0 Å². The molecule has 0 saturated carbocycles. The summed E-state index contributed by atoms with van der Waals surface area (Å²) in [4.78, 5) is 22.7. The Morgan fingerprint density at radius 2 is 2.04 bits per heavy atom. The van der Waals surface area contributed by atoms with Crippen LogP contribution in [0.1, 0.15) is 30.5 Å². The molecule has 0 bridgehead atoms. The number of hydrogen-bond donors (Lipinski definition) is 1. The largest absolute Gasteiger partial charge is 0.353 e. The summed E-state index contributed by atoms with van der Waals surface area (Å²) in [5.74, 6) is 0.0928. The van der Waals surface area contributed by atoms with E-state index in [1.165, 1.54) is 0 Å². The molecule has 0 aliphatic carbocycles. The standard InChI is InChI=1S/C19H23ClN4O/c20-18-4-2-1-3-15(18)14-24-11-7-16(8-12-24)23-19(25)6-5-17-13-21-9-10-22-17/h1-4,9-10,13,16H,5-8,11-12,14H2,(H,23,25). The molecule has 1 amide bonds. The van der Waals surface area contributed by atoms with E-state index in [1.54, 1.807) is 18.6 Å². The quantitative estimate of drug-likeness (QED) is 0.862. The maximum absolute atomic E-state index is 12.1. The summed E-state index contributed by atoms with van der Waals surface area (Å²) < 4.78 is 0. The molecule has 3 rings (SSSR count). The Bertz CT molecular complexity index is 687. The van der Waals surface area contributed by atoms with E-state index in [4.69, 9.17) is 11.6 Å². The van der Waals surface area contributed by atoms with E-state index in [0.717, 1.165) is 48.8 Å². The molecule has 1 saturated heterocycles. The Labute approximate surface area is 153 Å². The van der Waals surface area contributed by atoms with Crippen LogP contribution in [0, 0.1) is 0 Å². The first-order valence-corrected chi connectivity index (χ1v) is 9.08. The summed E-state index contributed by atoms with van der Waals surface area (Å²) in [5.41, 5.74) is 2.02. The number of carbonyl (C=O) groups is 1. The molecule has 0 atom stereocenters. The molecule has 0 unspecified atom stereocenters. The van der Waals surface area contributed by atoms with Crippen LogP contribution < -0.4 is 5.32 Å². The molecule has 1 aromatic heterocycles. The van der Waals surface area contributed by atoms with Crippen LogP contribution in [-0.2, 0) is 17.8 Å². The topological polar surface area (TPSA) is 58.1 Å². The van der Waals surface area contributed by atoms with Gasteiger partial charge in [0, 0.05) is 55.7 Å². The Morgan fingerprint density at radius 1 is 1.24 bits per heavy atom. The summed E-state index contributed by atoms with van der Waals surface area (Å²) in [7, 11) is 0. The van der Waals surface area contributed by atoms with Gasteiger partial charge >= 0.3 is 0 Å². The molecule has 25 heavy (non-hydrogen) atoms. The van der Waals surface area contributed by atoms with Crippen molar-refractivity contribution >= 4 is 17.5 Å². The van der Waals surface area contributed by atoms with Gasteiger partial charge in [0.2, 0.25) is 5.91 Å². The molecular weight excluding hydrogens is 336 g/mol. The number of halogens is 1. The normalized spacial score (nSPS) is 15.9. The molecule has 2 aromatic rings. The van der Waals surface area contributed by atoms with E-state index in [0.29, 0.717) is 12.8 Å². The number of piperidine rings is 1. The molecule has 1 N–H and O–H groups in total. The molecule has 6 heteroatoms. The second-order valence-corrected chi connectivity index (χ2v) is 6.81. The Kier molecular flexibility index (Phi) is 6.36. The second-order valence-electron chi connectivity index (χ2n) is 6.41. The lowest BCUT2D eigenvalue weighted by molar-refractivity contribution is -0.122. The van der Waals surface area contributed by atoms with Gasteiger partial charge in [-0.15, -0.1) is 0 Å². The van der Waals surface area contributed by atoms with E-state index in [9.17, 15) is 4.79 Å². The number of aryl methyl sites for hydroxylation is 1. The number of nitrogens with zero attached hydrogens (tertiary/aromatic N) is 3. The van der Waals surface area contributed by atoms with Gasteiger partial charge in [-0.25, -0.2) is 0 Å². The van der Waals surface area contributed by atoms with Crippen LogP contribution in [0.15, 0.2) is 42.9 Å². The van der Waals surface area contributed by atoms with E-state index in [2.05, 4.69) is 26.3 Å². The van der Waals surface area contributed by atoms with Gasteiger partial charge in [-0.3, -0.25) is 19.7 Å². The van der Waals surface area contributed by atoms with Gasteiger partial charge in [0.05, 0.1) is 5.69 Å². The fraction of sp³-hybridized carbons (Fsp3) is 0.421. The van der Waals surface area contributed by atoms with Gasteiger partial charge in [-0.1, -0.05) is 29.8 Å². The van der Waals surface area contributed by atoms with Crippen LogP contribution in [0.4, 0.5) is 0 Å². The van der Waals surface area contributed by atoms with Crippen molar-refractivity contribution in [1.82, 2.24) is 20.2 Å². The fourth-order valence-electron chi connectivity index (χ4n) is 3.10. The number of amides is 1. The van der Waals surface area contributed by atoms with Gasteiger partial charge in [0.25, 0.3) is 0 Å². The maximum atomic E-state index is 12.1. The van der Waals surface area contributed by atoms with Crippen molar-refractivity contribution in [2.45, 2.75) is 38.3 Å². The maximum Gasteiger partial charge on any atom is 0.220 e. The number of nitrogens with one attached hydrogen (secondary N) is 1. The lowest BCUT2D eigenvalue weighted by Gasteiger charge is -2.32. The molecule has 1 aliphatic rings. The summed E-state index contributed by atoms with van der Waals surface area (Å²) in [6, 6.07) is 8.24. The van der Waals surface area contributed by atoms with Crippen LogP contribution in [0.2, 0.25) is 5.02 Å². The van der Waals surface area contributed by atoms with Crippen LogP contribution in [0.5, 0.6) is 0 Å². The number of hydrogen-bond acceptors (Lipinski definition) is 4. The van der Waals surface area contributed by atoms with Gasteiger partial charge < -0.3 is 5.32 Å². The number of carbonyl (C=O) groups excluding carboxylic acids is 1. The number of rotatable bonds is 6. The predicted octanol–water partition coefficient (Wildman–Crippen LogP) is 2.84. The molecule has 5 nitrogen and oxygen atoms in total. The lowest BCUT2D eigenvalue weighted by Crippen LogP contribution is -2.44. The number of aromatic nitrogens is 2. The molecular formula is C19H23ClN4O. The van der Waals surface area contributed by atoms with Crippen molar-refractivity contribution < 1.29 is 4.79 Å². The van der Waals surface area contributed by atoms with E-state index in [1.807, 2.05) is 18.2 Å². The van der Waals surface area contributed by atoms with Crippen LogP contribution in [0.25, 0.3) is 0 Å². The SMILES string of the molecule is O=C(CCc1cnccn1)NC1CCN(Cc2ccccc2Cl)CC1. The van der Waals surface area contributed by atoms with Crippen molar-refractivity contribution in [2.24, 2.45) is 0 Å². The lowest BCUT2D eigenvalue weighted by atomic mass is 10.0.